The standard InChI is InChI=1S/C7H16N2O/c1-6(9-8)7-2-4-10-5-3-7/h6-7,9H,2-5,8H2,1H3. The molecular formula is C7H16N2O. The number of ether oxygens (including phenoxy) is 1. The van der Waals surface area contributed by atoms with E-state index in [1.165, 1.54) is 0 Å². The van der Waals surface area contributed by atoms with Crippen LogP contribution < -0.4 is 11.3 Å². The van der Waals surface area contributed by atoms with Crippen molar-refractivity contribution in [1.82, 2.24) is 5.43 Å². The SMILES string of the molecule is CC(NN)C1CCOCC1. The van der Waals surface area contributed by atoms with Gasteiger partial charge in [0, 0.05) is 19.3 Å². The van der Waals surface area contributed by atoms with Gasteiger partial charge in [0.15, 0.2) is 0 Å². The molecule has 3 nitrogen and oxygen atoms in total. The molecule has 1 atom stereocenters. The zero-order chi connectivity index (χ0) is 7.40. The van der Waals surface area contributed by atoms with Gasteiger partial charge in [-0.05, 0) is 25.7 Å². The van der Waals surface area contributed by atoms with Crippen molar-refractivity contribution in [3.05, 3.63) is 0 Å². The summed E-state index contributed by atoms with van der Waals surface area (Å²) in [5.41, 5.74) is 2.78. The minimum atomic E-state index is 0.434. The highest BCUT2D eigenvalue weighted by Crippen LogP contribution is 2.17. The average molecular weight is 144 g/mol. The number of nitrogens with two attached hydrogens (primary N) is 1. The van der Waals surface area contributed by atoms with Crippen LogP contribution in [0.1, 0.15) is 19.8 Å². The summed E-state index contributed by atoms with van der Waals surface area (Å²) in [6, 6.07) is 0.434. The van der Waals surface area contributed by atoms with Gasteiger partial charge in [-0.15, -0.1) is 0 Å². The third kappa shape index (κ3) is 1.94. The molecule has 0 aromatic heterocycles. The molecule has 3 heteroatoms. The Morgan fingerprint density at radius 3 is 2.60 bits per heavy atom. The van der Waals surface area contributed by atoms with Crippen LogP contribution >= 0.6 is 0 Å². The molecule has 0 bridgehead atoms. The first-order chi connectivity index (χ1) is 4.84. The highest BCUT2D eigenvalue weighted by atomic mass is 16.5. The Morgan fingerprint density at radius 2 is 2.10 bits per heavy atom. The molecule has 0 aromatic rings. The van der Waals surface area contributed by atoms with E-state index < -0.39 is 0 Å². The molecule has 0 radical (unpaired) electrons. The average Bonchev–Trinajstić information content (AvgIpc) is 2.05. The van der Waals surface area contributed by atoms with Gasteiger partial charge in [0.25, 0.3) is 0 Å². The van der Waals surface area contributed by atoms with Gasteiger partial charge in [-0.3, -0.25) is 11.3 Å². The Morgan fingerprint density at radius 1 is 1.50 bits per heavy atom. The summed E-state index contributed by atoms with van der Waals surface area (Å²) in [5, 5.41) is 0. The molecule has 1 fully saturated rings. The highest BCUT2D eigenvalue weighted by Gasteiger charge is 2.18. The van der Waals surface area contributed by atoms with Crippen molar-refractivity contribution in [2.24, 2.45) is 11.8 Å². The van der Waals surface area contributed by atoms with Crippen LogP contribution in [0.2, 0.25) is 0 Å². The summed E-state index contributed by atoms with van der Waals surface area (Å²) < 4.78 is 5.23. The van der Waals surface area contributed by atoms with Crippen molar-refractivity contribution < 1.29 is 4.74 Å². The summed E-state index contributed by atoms with van der Waals surface area (Å²) in [6.07, 6.45) is 2.29. The van der Waals surface area contributed by atoms with Crippen molar-refractivity contribution in [2.45, 2.75) is 25.8 Å². The Hall–Kier alpha value is -0.120. The molecule has 1 saturated heterocycles. The summed E-state index contributed by atoms with van der Waals surface area (Å²) in [4.78, 5) is 0. The second-order valence-electron chi connectivity index (χ2n) is 2.91. The van der Waals surface area contributed by atoms with Crippen molar-refractivity contribution in [3.8, 4) is 0 Å². The lowest BCUT2D eigenvalue weighted by atomic mass is 9.93. The maximum absolute atomic E-state index is 5.31. The third-order valence-corrected chi connectivity index (χ3v) is 2.24. The fourth-order valence-electron chi connectivity index (χ4n) is 1.35. The number of hydrogen-bond donors (Lipinski definition) is 2. The van der Waals surface area contributed by atoms with Gasteiger partial charge in [-0.2, -0.15) is 0 Å². The summed E-state index contributed by atoms with van der Waals surface area (Å²) in [5.74, 6) is 6.02. The van der Waals surface area contributed by atoms with E-state index in [9.17, 15) is 0 Å². The molecule has 1 aliphatic heterocycles. The van der Waals surface area contributed by atoms with Gasteiger partial charge in [-0.25, -0.2) is 0 Å². The van der Waals surface area contributed by atoms with E-state index in [-0.39, 0.29) is 0 Å². The minimum Gasteiger partial charge on any atom is -0.381 e. The molecule has 10 heavy (non-hydrogen) atoms. The third-order valence-electron chi connectivity index (χ3n) is 2.24. The number of hydrogen-bond acceptors (Lipinski definition) is 3. The molecule has 1 unspecified atom stereocenters. The van der Waals surface area contributed by atoms with E-state index in [2.05, 4.69) is 12.3 Å². The Balaban J connectivity index is 2.24. The predicted octanol–water partition coefficient (Wildman–Crippen LogP) is 0.265. The summed E-state index contributed by atoms with van der Waals surface area (Å²) >= 11 is 0. The van der Waals surface area contributed by atoms with E-state index >= 15 is 0 Å². The van der Waals surface area contributed by atoms with E-state index in [4.69, 9.17) is 10.6 Å². The fraction of sp³-hybridized carbons (Fsp3) is 1.00. The first kappa shape index (κ1) is 7.98. The van der Waals surface area contributed by atoms with Gasteiger partial charge >= 0.3 is 0 Å². The summed E-state index contributed by atoms with van der Waals surface area (Å²) in [6.45, 7) is 3.92. The number of nitrogens with one attached hydrogen (secondary N) is 1. The first-order valence-corrected chi connectivity index (χ1v) is 3.88. The van der Waals surface area contributed by atoms with Gasteiger partial charge < -0.3 is 4.74 Å². The number of hydrazine groups is 1. The van der Waals surface area contributed by atoms with Gasteiger partial charge in [0.2, 0.25) is 0 Å². The molecular weight excluding hydrogens is 128 g/mol. The van der Waals surface area contributed by atoms with E-state index in [0.717, 1.165) is 26.1 Å². The van der Waals surface area contributed by atoms with E-state index in [1.807, 2.05) is 0 Å². The molecule has 1 heterocycles. The second kappa shape index (κ2) is 3.91. The van der Waals surface area contributed by atoms with E-state index in [0.29, 0.717) is 12.0 Å². The Kier molecular flexibility index (Phi) is 3.12. The van der Waals surface area contributed by atoms with Crippen LogP contribution in [-0.2, 0) is 4.74 Å². The topological polar surface area (TPSA) is 47.3 Å². The largest absolute Gasteiger partial charge is 0.381 e. The lowest BCUT2D eigenvalue weighted by Gasteiger charge is -2.26. The fourth-order valence-corrected chi connectivity index (χ4v) is 1.35. The Bertz CT molecular complexity index is 91.6. The van der Waals surface area contributed by atoms with Gasteiger partial charge in [-0.1, -0.05) is 0 Å². The molecule has 1 rings (SSSR count). The smallest absolute Gasteiger partial charge is 0.0469 e. The van der Waals surface area contributed by atoms with Crippen LogP contribution in [0.3, 0.4) is 0 Å². The number of rotatable bonds is 2. The lowest BCUT2D eigenvalue weighted by molar-refractivity contribution is 0.0560. The molecule has 0 aliphatic carbocycles. The van der Waals surface area contributed by atoms with Crippen LogP contribution in [-0.4, -0.2) is 19.3 Å². The molecule has 0 aromatic carbocycles. The quantitative estimate of drug-likeness (QED) is 0.432. The molecule has 3 N–H and O–H groups in total. The van der Waals surface area contributed by atoms with E-state index in [1.54, 1.807) is 0 Å². The second-order valence-corrected chi connectivity index (χ2v) is 2.91. The minimum absolute atomic E-state index is 0.434. The van der Waals surface area contributed by atoms with Crippen molar-refractivity contribution in [2.75, 3.05) is 13.2 Å². The maximum atomic E-state index is 5.31. The van der Waals surface area contributed by atoms with Crippen molar-refractivity contribution in [3.63, 3.8) is 0 Å². The first-order valence-electron chi connectivity index (χ1n) is 3.88. The van der Waals surface area contributed by atoms with Crippen LogP contribution in [0.5, 0.6) is 0 Å². The van der Waals surface area contributed by atoms with Crippen molar-refractivity contribution >= 4 is 0 Å². The van der Waals surface area contributed by atoms with Crippen LogP contribution in [0.15, 0.2) is 0 Å². The molecule has 0 saturated carbocycles. The zero-order valence-electron chi connectivity index (χ0n) is 6.47. The predicted molar refractivity (Wildman–Crippen MR) is 40.3 cm³/mol. The molecule has 0 amide bonds. The molecule has 1 aliphatic rings. The molecule has 60 valence electrons. The van der Waals surface area contributed by atoms with Gasteiger partial charge in [0.05, 0.1) is 0 Å². The highest BCUT2D eigenvalue weighted by molar-refractivity contribution is 4.72. The lowest BCUT2D eigenvalue weighted by Crippen LogP contribution is -2.40. The monoisotopic (exact) mass is 144 g/mol. The molecule has 0 spiro atoms. The van der Waals surface area contributed by atoms with Crippen LogP contribution in [0.25, 0.3) is 0 Å². The summed E-state index contributed by atoms with van der Waals surface area (Å²) in [7, 11) is 0. The Labute approximate surface area is 61.9 Å². The van der Waals surface area contributed by atoms with Crippen LogP contribution in [0, 0.1) is 5.92 Å². The normalized spacial score (nSPS) is 24.6. The van der Waals surface area contributed by atoms with Crippen LogP contribution in [0.4, 0.5) is 0 Å². The maximum Gasteiger partial charge on any atom is 0.0469 e. The zero-order valence-corrected chi connectivity index (χ0v) is 6.47. The van der Waals surface area contributed by atoms with Crippen molar-refractivity contribution in [1.29, 1.82) is 0 Å². The van der Waals surface area contributed by atoms with Gasteiger partial charge in [0.1, 0.15) is 0 Å².